The van der Waals surface area contributed by atoms with Crippen molar-refractivity contribution in [1.82, 2.24) is 19.7 Å². The Morgan fingerprint density at radius 3 is 3.00 bits per heavy atom. The molecule has 1 atom stereocenters. The first kappa shape index (κ1) is 15.2. The van der Waals surface area contributed by atoms with Gasteiger partial charge in [-0.3, -0.25) is 0 Å². The van der Waals surface area contributed by atoms with Crippen LogP contribution >= 0.6 is 11.3 Å². The quantitative estimate of drug-likeness (QED) is 0.930. The Hall–Kier alpha value is -1.68. The molecule has 22 heavy (non-hydrogen) atoms. The second-order valence-corrected chi connectivity index (χ2v) is 6.00. The maximum absolute atomic E-state index is 12.6. The third-order valence-electron chi connectivity index (χ3n) is 3.29. The van der Waals surface area contributed by atoms with Gasteiger partial charge >= 0.3 is 6.18 Å². The molecule has 0 saturated carbocycles. The van der Waals surface area contributed by atoms with Crippen LogP contribution in [0.2, 0.25) is 0 Å². The lowest BCUT2D eigenvalue weighted by Crippen LogP contribution is -2.31. The summed E-state index contributed by atoms with van der Waals surface area (Å²) in [4.78, 5) is 7.45. The maximum Gasteiger partial charge on any atom is 0.427 e. The van der Waals surface area contributed by atoms with Crippen LogP contribution in [0.15, 0.2) is 6.20 Å². The Labute approximate surface area is 128 Å². The first-order chi connectivity index (χ1) is 10.5. The van der Waals surface area contributed by atoms with Gasteiger partial charge in [0.05, 0.1) is 12.7 Å². The van der Waals surface area contributed by atoms with E-state index >= 15 is 0 Å². The van der Waals surface area contributed by atoms with Crippen molar-refractivity contribution in [3.63, 3.8) is 0 Å². The number of alkyl halides is 3. The SMILES string of the molecule is COCc1nc2n(n1)CC(Nc1ncc(C(F)(F)F)s1)CC2. The van der Waals surface area contributed by atoms with E-state index in [1.165, 1.54) is 0 Å². The van der Waals surface area contributed by atoms with Crippen molar-refractivity contribution in [2.24, 2.45) is 0 Å². The van der Waals surface area contributed by atoms with Gasteiger partial charge in [-0.25, -0.2) is 14.6 Å². The van der Waals surface area contributed by atoms with Crippen LogP contribution < -0.4 is 5.32 Å². The van der Waals surface area contributed by atoms with E-state index in [9.17, 15) is 13.2 Å². The van der Waals surface area contributed by atoms with Crippen LogP contribution in [-0.4, -0.2) is 32.9 Å². The number of hydrogen-bond donors (Lipinski definition) is 1. The highest BCUT2D eigenvalue weighted by Gasteiger charge is 2.33. The van der Waals surface area contributed by atoms with E-state index in [1.807, 2.05) is 0 Å². The van der Waals surface area contributed by atoms with Crippen molar-refractivity contribution < 1.29 is 17.9 Å². The van der Waals surface area contributed by atoms with E-state index in [0.29, 0.717) is 36.7 Å². The lowest BCUT2D eigenvalue weighted by molar-refractivity contribution is -0.134. The molecular formula is C12H14F3N5OS. The molecule has 0 amide bonds. The lowest BCUT2D eigenvalue weighted by Gasteiger charge is -2.23. The molecule has 0 bridgehead atoms. The highest BCUT2D eigenvalue weighted by Crippen LogP contribution is 2.35. The summed E-state index contributed by atoms with van der Waals surface area (Å²) in [6.07, 6.45) is -2.01. The number of thiazole rings is 1. The minimum atomic E-state index is -4.35. The molecular weight excluding hydrogens is 319 g/mol. The van der Waals surface area contributed by atoms with Gasteiger partial charge in [-0.2, -0.15) is 18.3 Å². The first-order valence-corrected chi connectivity index (χ1v) is 7.48. The van der Waals surface area contributed by atoms with E-state index in [-0.39, 0.29) is 11.2 Å². The smallest absolute Gasteiger partial charge is 0.377 e. The maximum atomic E-state index is 12.6. The molecule has 1 aliphatic heterocycles. The van der Waals surface area contributed by atoms with Crippen LogP contribution in [0.3, 0.4) is 0 Å². The number of halogens is 3. The monoisotopic (exact) mass is 333 g/mol. The Morgan fingerprint density at radius 2 is 2.32 bits per heavy atom. The molecule has 10 heteroatoms. The molecule has 0 fully saturated rings. The average Bonchev–Trinajstić information content (AvgIpc) is 3.04. The normalized spacial score (nSPS) is 18.3. The highest BCUT2D eigenvalue weighted by atomic mass is 32.1. The summed E-state index contributed by atoms with van der Waals surface area (Å²) in [5, 5.41) is 7.64. The van der Waals surface area contributed by atoms with Crippen LogP contribution in [0.5, 0.6) is 0 Å². The summed E-state index contributed by atoms with van der Waals surface area (Å²) >= 11 is 0.616. The number of nitrogens with zero attached hydrogens (tertiary/aromatic N) is 4. The van der Waals surface area contributed by atoms with Crippen molar-refractivity contribution in [3.05, 3.63) is 22.7 Å². The minimum absolute atomic E-state index is 0.0168. The summed E-state index contributed by atoms with van der Waals surface area (Å²) in [6.45, 7) is 0.895. The third kappa shape index (κ3) is 3.22. The molecule has 2 aromatic rings. The number of aryl methyl sites for hydroxylation is 1. The zero-order valence-corrected chi connectivity index (χ0v) is 12.5. The molecule has 120 valence electrons. The van der Waals surface area contributed by atoms with Gasteiger partial charge in [0.2, 0.25) is 0 Å². The van der Waals surface area contributed by atoms with Crippen LogP contribution in [-0.2, 0) is 30.5 Å². The Balaban J connectivity index is 1.66. The number of rotatable bonds is 4. The third-order valence-corrected chi connectivity index (χ3v) is 4.26. The van der Waals surface area contributed by atoms with E-state index in [4.69, 9.17) is 4.74 Å². The number of ether oxygens (including phenoxy) is 1. The van der Waals surface area contributed by atoms with Crippen molar-refractivity contribution in [1.29, 1.82) is 0 Å². The van der Waals surface area contributed by atoms with E-state index in [0.717, 1.165) is 18.4 Å². The molecule has 3 rings (SSSR count). The largest absolute Gasteiger partial charge is 0.427 e. The Kier molecular flexibility index (Phi) is 4.04. The molecule has 0 radical (unpaired) electrons. The summed E-state index contributed by atoms with van der Waals surface area (Å²) in [6, 6.07) is -0.0168. The fourth-order valence-electron chi connectivity index (χ4n) is 2.32. The second kappa shape index (κ2) is 5.84. The minimum Gasteiger partial charge on any atom is -0.377 e. The van der Waals surface area contributed by atoms with Crippen molar-refractivity contribution in [2.45, 2.75) is 38.2 Å². The second-order valence-electron chi connectivity index (χ2n) is 4.97. The fourth-order valence-corrected chi connectivity index (χ4v) is 3.08. The molecule has 2 aromatic heterocycles. The number of hydrogen-bond acceptors (Lipinski definition) is 6. The summed E-state index contributed by atoms with van der Waals surface area (Å²) in [5.41, 5.74) is 0. The van der Waals surface area contributed by atoms with Gasteiger partial charge in [-0.15, -0.1) is 0 Å². The molecule has 0 saturated heterocycles. The van der Waals surface area contributed by atoms with Crippen molar-refractivity contribution >= 4 is 16.5 Å². The van der Waals surface area contributed by atoms with E-state index in [2.05, 4.69) is 20.4 Å². The lowest BCUT2D eigenvalue weighted by atomic mass is 10.1. The fraction of sp³-hybridized carbons (Fsp3) is 0.583. The highest BCUT2D eigenvalue weighted by molar-refractivity contribution is 7.15. The zero-order chi connectivity index (χ0) is 15.7. The summed E-state index contributed by atoms with van der Waals surface area (Å²) in [7, 11) is 1.57. The van der Waals surface area contributed by atoms with Gasteiger partial charge in [0.15, 0.2) is 11.0 Å². The van der Waals surface area contributed by atoms with Gasteiger partial charge in [0.25, 0.3) is 0 Å². The molecule has 1 N–H and O–H groups in total. The average molecular weight is 333 g/mol. The number of anilines is 1. The van der Waals surface area contributed by atoms with Crippen molar-refractivity contribution in [2.75, 3.05) is 12.4 Å². The zero-order valence-electron chi connectivity index (χ0n) is 11.7. The van der Waals surface area contributed by atoms with Crippen molar-refractivity contribution in [3.8, 4) is 0 Å². The van der Waals surface area contributed by atoms with Gasteiger partial charge < -0.3 is 10.1 Å². The predicted octanol–water partition coefficient (Wildman–Crippen LogP) is 2.33. The number of methoxy groups -OCH3 is 1. The van der Waals surface area contributed by atoms with Gasteiger partial charge in [0.1, 0.15) is 17.3 Å². The molecule has 0 spiro atoms. The first-order valence-electron chi connectivity index (χ1n) is 6.67. The van der Waals surface area contributed by atoms with Gasteiger partial charge in [-0.05, 0) is 6.42 Å². The molecule has 3 heterocycles. The van der Waals surface area contributed by atoms with Crippen LogP contribution in [0.1, 0.15) is 22.9 Å². The number of nitrogens with one attached hydrogen (secondary N) is 1. The van der Waals surface area contributed by atoms with Crippen LogP contribution in [0.25, 0.3) is 0 Å². The summed E-state index contributed by atoms with van der Waals surface area (Å²) in [5.74, 6) is 1.49. The molecule has 0 aliphatic carbocycles. The standard InChI is InChI=1S/C12H14F3N5OS/c1-21-6-9-18-10-3-2-7(5-20(10)19-9)17-11-16-4-8(22-11)12(13,14)15/h4,7H,2-3,5-6H2,1H3,(H,16,17). The van der Waals surface area contributed by atoms with Crippen LogP contribution in [0.4, 0.5) is 18.3 Å². The molecule has 1 aliphatic rings. The van der Waals surface area contributed by atoms with Crippen LogP contribution in [0, 0.1) is 0 Å². The number of aromatic nitrogens is 4. The molecule has 1 unspecified atom stereocenters. The summed E-state index contributed by atoms with van der Waals surface area (Å²) < 4.78 is 44.4. The predicted molar refractivity (Wildman–Crippen MR) is 73.6 cm³/mol. The van der Waals surface area contributed by atoms with E-state index < -0.39 is 11.1 Å². The topological polar surface area (TPSA) is 64.9 Å². The molecule has 6 nitrogen and oxygen atoms in total. The van der Waals surface area contributed by atoms with E-state index in [1.54, 1.807) is 11.8 Å². The number of fused-ring (bicyclic) bond motifs is 1. The molecule has 0 aromatic carbocycles. The van der Waals surface area contributed by atoms with Gasteiger partial charge in [-0.1, -0.05) is 11.3 Å². The Morgan fingerprint density at radius 1 is 1.50 bits per heavy atom. The Bertz CT molecular complexity index is 653. The van der Waals surface area contributed by atoms with Gasteiger partial charge in [0, 0.05) is 19.6 Å².